The van der Waals surface area contributed by atoms with Gasteiger partial charge in [-0.2, -0.15) is 0 Å². The number of carbonyl (C=O) groups is 1. The third-order valence-corrected chi connectivity index (χ3v) is 4.13. The Morgan fingerprint density at radius 3 is 2.71 bits per heavy atom. The maximum absolute atomic E-state index is 12.3. The van der Waals surface area contributed by atoms with Gasteiger partial charge < -0.3 is 10.2 Å². The average molecular weight is 347 g/mol. The van der Waals surface area contributed by atoms with Gasteiger partial charge in [-0.15, -0.1) is 0 Å². The molecule has 1 aliphatic heterocycles. The highest BCUT2D eigenvalue weighted by molar-refractivity contribution is 9.10. The largest absolute Gasteiger partial charge is 0.356 e. The molecule has 0 bridgehead atoms. The van der Waals surface area contributed by atoms with E-state index in [0.717, 1.165) is 23.4 Å². The molecule has 108 valence electrons. The van der Waals surface area contributed by atoms with Crippen LogP contribution in [0.3, 0.4) is 0 Å². The van der Waals surface area contributed by atoms with E-state index >= 15 is 0 Å². The zero-order chi connectivity index (χ0) is 14.7. The summed E-state index contributed by atoms with van der Waals surface area (Å²) in [6.07, 6.45) is 3.86. The number of hydrogen-bond donors (Lipinski definition) is 1. The highest BCUT2D eigenvalue weighted by Crippen LogP contribution is 2.21. The van der Waals surface area contributed by atoms with Crippen molar-refractivity contribution < 1.29 is 4.79 Å². The van der Waals surface area contributed by atoms with Crippen molar-refractivity contribution in [3.63, 3.8) is 0 Å². The van der Waals surface area contributed by atoms with Gasteiger partial charge in [0, 0.05) is 23.6 Å². The number of amides is 1. The molecule has 1 amide bonds. The highest BCUT2D eigenvalue weighted by atomic mass is 79.9. The molecular weight excluding hydrogens is 332 g/mol. The minimum Gasteiger partial charge on any atom is -0.356 e. The second kappa shape index (κ2) is 6.22. The van der Waals surface area contributed by atoms with Gasteiger partial charge in [0.2, 0.25) is 0 Å². The van der Waals surface area contributed by atoms with Crippen LogP contribution in [0.2, 0.25) is 0 Å². The molecule has 0 saturated carbocycles. The van der Waals surface area contributed by atoms with E-state index in [1.807, 2.05) is 24.3 Å². The first kappa shape index (κ1) is 14.0. The standard InChI is InChI=1S/C15H15BrN4O/c16-12-6-2-1-5-11(12)15(21)19-13-9-14(18-10-17-13)20-7-3-4-8-20/h1-2,5-6,9-10H,3-4,7-8H2,(H,17,18,19,21). The quantitative estimate of drug-likeness (QED) is 0.927. The fourth-order valence-corrected chi connectivity index (χ4v) is 2.83. The zero-order valence-corrected chi connectivity index (χ0v) is 13.0. The number of hydrogen-bond acceptors (Lipinski definition) is 4. The van der Waals surface area contributed by atoms with Crippen LogP contribution in [0.1, 0.15) is 23.2 Å². The molecule has 1 aliphatic rings. The predicted molar refractivity (Wildman–Crippen MR) is 85.6 cm³/mol. The van der Waals surface area contributed by atoms with E-state index in [1.54, 1.807) is 6.07 Å². The lowest BCUT2D eigenvalue weighted by atomic mass is 10.2. The number of nitrogens with one attached hydrogen (secondary N) is 1. The van der Waals surface area contributed by atoms with E-state index in [9.17, 15) is 4.79 Å². The Bertz CT molecular complexity index is 656. The maximum Gasteiger partial charge on any atom is 0.257 e. The smallest absolute Gasteiger partial charge is 0.257 e. The fourth-order valence-electron chi connectivity index (χ4n) is 2.36. The summed E-state index contributed by atoms with van der Waals surface area (Å²) in [6.45, 7) is 2.02. The first-order chi connectivity index (χ1) is 10.2. The Balaban J connectivity index is 1.77. The third kappa shape index (κ3) is 3.21. The molecule has 0 radical (unpaired) electrons. The van der Waals surface area contributed by atoms with Gasteiger partial charge in [-0.3, -0.25) is 4.79 Å². The van der Waals surface area contributed by atoms with Crippen molar-refractivity contribution in [3.8, 4) is 0 Å². The molecule has 0 atom stereocenters. The van der Waals surface area contributed by atoms with Crippen LogP contribution < -0.4 is 10.2 Å². The van der Waals surface area contributed by atoms with E-state index in [2.05, 4.69) is 36.1 Å². The number of aromatic nitrogens is 2. The summed E-state index contributed by atoms with van der Waals surface area (Å²) in [5, 5.41) is 2.82. The maximum atomic E-state index is 12.3. The van der Waals surface area contributed by atoms with Crippen LogP contribution in [0.4, 0.5) is 11.6 Å². The summed E-state index contributed by atoms with van der Waals surface area (Å²) in [4.78, 5) is 22.9. The predicted octanol–water partition coefficient (Wildman–Crippen LogP) is 3.09. The van der Waals surface area contributed by atoms with E-state index in [4.69, 9.17) is 0 Å². The third-order valence-electron chi connectivity index (χ3n) is 3.44. The second-order valence-corrected chi connectivity index (χ2v) is 5.74. The molecule has 21 heavy (non-hydrogen) atoms. The van der Waals surface area contributed by atoms with Gasteiger partial charge in [-0.1, -0.05) is 12.1 Å². The van der Waals surface area contributed by atoms with Crippen molar-refractivity contribution in [2.45, 2.75) is 12.8 Å². The average Bonchev–Trinajstić information content (AvgIpc) is 3.02. The molecule has 2 aromatic rings. The lowest BCUT2D eigenvalue weighted by Crippen LogP contribution is -2.20. The zero-order valence-electron chi connectivity index (χ0n) is 11.4. The lowest BCUT2D eigenvalue weighted by molar-refractivity contribution is 0.102. The Labute approximate surface area is 131 Å². The van der Waals surface area contributed by atoms with Crippen LogP contribution in [0.15, 0.2) is 41.1 Å². The van der Waals surface area contributed by atoms with E-state index in [0.29, 0.717) is 11.4 Å². The molecule has 2 heterocycles. The Morgan fingerprint density at radius 2 is 1.95 bits per heavy atom. The van der Waals surface area contributed by atoms with Crippen LogP contribution in [0.5, 0.6) is 0 Å². The van der Waals surface area contributed by atoms with Gasteiger partial charge in [0.15, 0.2) is 0 Å². The van der Waals surface area contributed by atoms with Crippen LogP contribution in [0.25, 0.3) is 0 Å². The van der Waals surface area contributed by atoms with Crippen LogP contribution in [0, 0.1) is 0 Å². The summed E-state index contributed by atoms with van der Waals surface area (Å²) in [5.41, 5.74) is 0.582. The van der Waals surface area contributed by atoms with Gasteiger partial charge in [0.25, 0.3) is 5.91 Å². The number of carbonyl (C=O) groups excluding carboxylic acids is 1. The number of halogens is 1. The SMILES string of the molecule is O=C(Nc1cc(N2CCCC2)ncn1)c1ccccc1Br. The minimum atomic E-state index is -0.187. The van der Waals surface area contributed by atoms with Crippen LogP contribution in [-0.4, -0.2) is 29.0 Å². The summed E-state index contributed by atoms with van der Waals surface area (Å²) in [5.74, 6) is 1.20. The van der Waals surface area contributed by atoms with Crippen LogP contribution >= 0.6 is 15.9 Å². The van der Waals surface area contributed by atoms with Gasteiger partial charge >= 0.3 is 0 Å². The number of nitrogens with zero attached hydrogens (tertiary/aromatic N) is 3. The molecule has 1 aromatic carbocycles. The van der Waals surface area contributed by atoms with Crippen LogP contribution in [-0.2, 0) is 0 Å². The Hall–Kier alpha value is -1.95. The van der Waals surface area contributed by atoms with Crippen molar-refractivity contribution in [3.05, 3.63) is 46.7 Å². The Morgan fingerprint density at radius 1 is 1.19 bits per heavy atom. The summed E-state index contributed by atoms with van der Waals surface area (Å²) in [7, 11) is 0. The van der Waals surface area contributed by atoms with E-state index in [1.165, 1.54) is 19.2 Å². The van der Waals surface area contributed by atoms with Gasteiger partial charge in [0.1, 0.15) is 18.0 Å². The topological polar surface area (TPSA) is 58.1 Å². The van der Waals surface area contributed by atoms with Crippen molar-refractivity contribution in [1.82, 2.24) is 9.97 Å². The molecule has 0 aliphatic carbocycles. The molecule has 3 rings (SSSR count). The molecule has 5 nitrogen and oxygen atoms in total. The van der Waals surface area contributed by atoms with Gasteiger partial charge in [0.05, 0.1) is 5.56 Å². The highest BCUT2D eigenvalue weighted by Gasteiger charge is 2.15. The normalized spacial score (nSPS) is 14.2. The Kier molecular flexibility index (Phi) is 4.15. The molecule has 1 saturated heterocycles. The number of rotatable bonds is 3. The van der Waals surface area contributed by atoms with Crippen molar-refractivity contribution in [1.29, 1.82) is 0 Å². The molecule has 1 fully saturated rings. The fraction of sp³-hybridized carbons (Fsp3) is 0.267. The second-order valence-electron chi connectivity index (χ2n) is 4.89. The van der Waals surface area contributed by atoms with Crippen molar-refractivity contribution in [2.24, 2.45) is 0 Å². The molecule has 0 spiro atoms. The van der Waals surface area contributed by atoms with Crippen molar-refractivity contribution in [2.75, 3.05) is 23.3 Å². The molecule has 1 aromatic heterocycles. The minimum absolute atomic E-state index is 0.187. The number of benzene rings is 1. The molecule has 0 unspecified atom stereocenters. The lowest BCUT2D eigenvalue weighted by Gasteiger charge is -2.16. The van der Waals surface area contributed by atoms with Gasteiger partial charge in [-0.25, -0.2) is 9.97 Å². The first-order valence-corrected chi connectivity index (χ1v) is 7.66. The molecule has 6 heteroatoms. The monoisotopic (exact) mass is 346 g/mol. The first-order valence-electron chi connectivity index (χ1n) is 6.87. The van der Waals surface area contributed by atoms with Gasteiger partial charge in [-0.05, 0) is 40.9 Å². The summed E-state index contributed by atoms with van der Waals surface area (Å²) >= 11 is 3.38. The molecular formula is C15H15BrN4O. The van der Waals surface area contributed by atoms with Crippen molar-refractivity contribution >= 4 is 33.5 Å². The summed E-state index contributed by atoms with van der Waals surface area (Å²) in [6, 6.07) is 9.12. The number of anilines is 2. The van der Waals surface area contributed by atoms with E-state index < -0.39 is 0 Å². The molecule has 1 N–H and O–H groups in total. The van der Waals surface area contributed by atoms with E-state index in [-0.39, 0.29) is 5.91 Å². The summed E-state index contributed by atoms with van der Waals surface area (Å²) < 4.78 is 0.760.